The minimum Gasteiger partial charge on any atom is -0.321 e. The number of nitrogens with zero attached hydrogens (tertiary/aromatic N) is 1. The third kappa shape index (κ3) is 3.26. The minimum absolute atomic E-state index is 0.167. The summed E-state index contributed by atoms with van der Waals surface area (Å²) >= 11 is 0. The third-order valence-electron chi connectivity index (χ3n) is 3.35. The predicted octanol–water partition coefficient (Wildman–Crippen LogP) is 3.92. The average Bonchev–Trinajstić information content (AvgIpc) is 3.02. The molecule has 0 saturated heterocycles. The summed E-state index contributed by atoms with van der Waals surface area (Å²) in [5.74, 6) is -2.47. The fourth-order valence-electron chi connectivity index (χ4n) is 2.08. The Morgan fingerprint density at radius 1 is 1.04 bits per heavy atom. The van der Waals surface area contributed by atoms with E-state index in [4.69, 9.17) is 0 Å². The molecule has 116 valence electrons. The summed E-state index contributed by atoms with van der Waals surface area (Å²) < 4.78 is 26.0. The monoisotopic (exact) mass is 313 g/mol. The molecule has 1 amide bonds. The van der Waals surface area contributed by atoms with Gasteiger partial charge in [-0.1, -0.05) is 29.8 Å². The number of anilines is 1. The Morgan fingerprint density at radius 2 is 1.78 bits per heavy atom. The number of carbonyl (C=O) groups is 1. The van der Waals surface area contributed by atoms with Gasteiger partial charge < -0.3 is 5.32 Å². The molecule has 3 rings (SSSR count). The van der Waals surface area contributed by atoms with Crippen LogP contribution < -0.4 is 5.32 Å². The number of aryl methyl sites for hydroxylation is 1. The highest BCUT2D eigenvalue weighted by atomic mass is 19.2. The first-order chi connectivity index (χ1) is 11.0. The molecule has 0 bridgehead atoms. The molecular formula is C17H13F2N3O. The standard InChI is InChI=1S/C17H13F2N3O/c1-10-2-4-11(5-3-10)15-9-16(22-21-15)17(23)20-12-6-7-13(18)14(19)8-12/h2-9H,1H3,(H,20,23)(H,21,22). The Labute approximate surface area is 131 Å². The molecule has 2 aromatic carbocycles. The van der Waals surface area contributed by atoms with E-state index >= 15 is 0 Å². The number of hydrogen-bond donors (Lipinski definition) is 2. The molecule has 4 nitrogen and oxygen atoms in total. The van der Waals surface area contributed by atoms with E-state index in [-0.39, 0.29) is 11.4 Å². The van der Waals surface area contributed by atoms with Gasteiger partial charge in [0.05, 0.1) is 5.69 Å². The lowest BCUT2D eigenvalue weighted by Crippen LogP contribution is -2.12. The molecule has 2 N–H and O–H groups in total. The van der Waals surface area contributed by atoms with Crippen LogP contribution in [0.2, 0.25) is 0 Å². The molecule has 1 heterocycles. The zero-order chi connectivity index (χ0) is 16.4. The molecule has 0 fully saturated rings. The van der Waals surface area contributed by atoms with Gasteiger partial charge >= 0.3 is 0 Å². The largest absolute Gasteiger partial charge is 0.321 e. The Balaban J connectivity index is 1.78. The Hall–Kier alpha value is -3.02. The lowest BCUT2D eigenvalue weighted by molar-refractivity contribution is 0.102. The number of amides is 1. The van der Waals surface area contributed by atoms with E-state index in [1.807, 2.05) is 31.2 Å². The Kier molecular flexibility index (Phi) is 3.89. The van der Waals surface area contributed by atoms with Gasteiger partial charge in [-0.2, -0.15) is 5.10 Å². The van der Waals surface area contributed by atoms with E-state index in [2.05, 4.69) is 15.5 Å². The van der Waals surface area contributed by atoms with Gasteiger partial charge in [0, 0.05) is 17.3 Å². The summed E-state index contributed by atoms with van der Waals surface area (Å²) in [5, 5.41) is 9.21. The SMILES string of the molecule is Cc1ccc(-c2cc(C(=O)Nc3ccc(F)c(F)c3)[nH]n2)cc1. The number of nitrogens with one attached hydrogen (secondary N) is 2. The fraction of sp³-hybridized carbons (Fsp3) is 0.0588. The highest BCUT2D eigenvalue weighted by Gasteiger charge is 2.12. The molecule has 3 aromatic rings. The molecule has 0 radical (unpaired) electrons. The molecule has 0 spiro atoms. The van der Waals surface area contributed by atoms with Gasteiger partial charge in [-0.15, -0.1) is 0 Å². The minimum atomic E-state index is -1.02. The number of carbonyl (C=O) groups excluding carboxylic acids is 1. The lowest BCUT2D eigenvalue weighted by Gasteiger charge is -2.03. The third-order valence-corrected chi connectivity index (χ3v) is 3.35. The van der Waals surface area contributed by atoms with Crippen molar-refractivity contribution >= 4 is 11.6 Å². The van der Waals surface area contributed by atoms with E-state index in [0.29, 0.717) is 5.69 Å². The van der Waals surface area contributed by atoms with Crippen LogP contribution in [0.25, 0.3) is 11.3 Å². The fourth-order valence-corrected chi connectivity index (χ4v) is 2.08. The molecular weight excluding hydrogens is 300 g/mol. The summed E-state index contributed by atoms with van der Waals surface area (Å²) in [6, 6.07) is 12.5. The van der Waals surface area contributed by atoms with Crippen molar-refractivity contribution in [3.05, 3.63) is 71.4 Å². The van der Waals surface area contributed by atoms with Gasteiger partial charge in [-0.3, -0.25) is 9.89 Å². The topological polar surface area (TPSA) is 57.8 Å². The van der Waals surface area contributed by atoms with Crippen molar-refractivity contribution < 1.29 is 13.6 Å². The second-order valence-corrected chi connectivity index (χ2v) is 5.12. The number of H-pyrrole nitrogens is 1. The molecule has 0 aliphatic carbocycles. The maximum atomic E-state index is 13.1. The van der Waals surface area contributed by atoms with Crippen molar-refractivity contribution in [3.8, 4) is 11.3 Å². The number of rotatable bonds is 3. The summed E-state index contributed by atoms with van der Waals surface area (Å²) in [6.45, 7) is 1.98. The van der Waals surface area contributed by atoms with E-state index in [1.165, 1.54) is 6.07 Å². The van der Waals surface area contributed by atoms with Gasteiger partial charge in [0.15, 0.2) is 11.6 Å². The zero-order valence-electron chi connectivity index (χ0n) is 12.2. The van der Waals surface area contributed by atoms with Crippen molar-refractivity contribution in [3.63, 3.8) is 0 Å². The van der Waals surface area contributed by atoms with Crippen LogP contribution in [0.5, 0.6) is 0 Å². The summed E-state index contributed by atoms with van der Waals surface area (Å²) in [5.41, 5.74) is 3.02. The summed E-state index contributed by atoms with van der Waals surface area (Å²) in [7, 11) is 0. The van der Waals surface area contributed by atoms with Crippen LogP contribution in [0.1, 0.15) is 16.1 Å². The first-order valence-electron chi connectivity index (χ1n) is 6.92. The van der Waals surface area contributed by atoms with E-state index < -0.39 is 17.5 Å². The summed E-state index contributed by atoms with van der Waals surface area (Å²) in [4.78, 5) is 12.1. The van der Waals surface area contributed by atoms with Crippen molar-refractivity contribution in [2.45, 2.75) is 6.92 Å². The molecule has 0 saturated carbocycles. The molecule has 0 atom stereocenters. The van der Waals surface area contributed by atoms with Gasteiger partial charge in [-0.05, 0) is 25.1 Å². The van der Waals surface area contributed by atoms with Crippen molar-refractivity contribution in [1.82, 2.24) is 10.2 Å². The molecule has 1 aromatic heterocycles. The van der Waals surface area contributed by atoms with Crippen LogP contribution in [0.4, 0.5) is 14.5 Å². The van der Waals surface area contributed by atoms with Gasteiger partial charge in [-0.25, -0.2) is 8.78 Å². The van der Waals surface area contributed by atoms with E-state index in [1.54, 1.807) is 6.07 Å². The molecule has 0 aliphatic rings. The lowest BCUT2D eigenvalue weighted by atomic mass is 10.1. The number of hydrogen-bond acceptors (Lipinski definition) is 2. The molecule has 0 unspecified atom stereocenters. The zero-order valence-corrected chi connectivity index (χ0v) is 12.2. The number of benzene rings is 2. The Bertz CT molecular complexity index is 857. The van der Waals surface area contributed by atoms with Crippen LogP contribution in [0, 0.1) is 18.6 Å². The first kappa shape index (κ1) is 14.9. The highest BCUT2D eigenvalue weighted by molar-refractivity contribution is 6.03. The van der Waals surface area contributed by atoms with Gasteiger partial charge in [0.2, 0.25) is 0 Å². The van der Waals surface area contributed by atoms with E-state index in [9.17, 15) is 13.6 Å². The second-order valence-electron chi connectivity index (χ2n) is 5.12. The van der Waals surface area contributed by atoms with Crippen LogP contribution >= 0.6 is 0 Å². The maximum Gasteiger partial charge on any atom is 0.273 e. The smallest absolute Gasteiger partial charge is 0.273 e. The van der Waals surface area contributed by atoms with Crippen molar-refractivity contribution in [1.29, 1.82) is 0 Å². The predicted molar refractivity (Wildman–Crippen MR) is 83.1 cm³/mol. The number of aromatic nitrogens is 2. The van der Waals surface area contributed by atoms with Crippen molar-refractivity contribution in [2.24, 2.45) is 0 Å². The normalized spacial score (nSPS) is 10.6. The number of halogens is 2. The Morgan fingerprint density at radius 3 is 2.48 bits per heavy atom. The maximum absolute atomic E-state index is 13.1. The van der Waals surface area contributed by atoms with Crippen molar-refractivity contribution in [2.75, 3.05) is 5.32 Å². The van der Waals surface area contributed by atoms with Crippen LogP contribution in [-0.4, -0.2) is 16.1 Å². The average molecular weight is 313 g/mol. The molecule has 0 aliphatic heterocycles. The second kappa shape index (κ2) is 6.00. The number of aromatic amines is 1. The quantitative estimate of drug-likeness (QED) is 0.770. The molecule has 23 heavy (non-hydrogen) atoms. The molecule has 6 heteroatoms. The van der Waals surface area contributed by atoms with Crippen LogP contribution in [-0.2, 0) is 0 Å². The first-order valence-corrected chi connectivity index (χ1v) is 6.92. The summed E-state index contributed by atoms with van der Waals surface area (Å²) in [6.07, 6.45) is 0. The van der Waals surface area contributed by atoms with Crippen LogP contribution in [0.3, 0.4) is 0 Å². The van der Waals surface area contributed by atoms with Gasteiger partial charge in [0.1, 0.15) is 5.69 Å². The van der Waals surface area contributed by atoms with Crippen LogP contribution in [0.15, 0.2) is 48.5 Å². The highest BCUT2D eigenvalue weighted by Crippen LogP contribution is 2.19. The van der Waals surface area contributed by atoms with E-state index in [0.717, 1.165) is 23.3 Å². The van der Waals surface area contributed by atoms with Gasteiger partial charge in [0.25, 0.3) is 5.91 Å².